The molecular weight excluding hydrogens is 285 g/mol. The van der Waals surface area contributed by atoms with Crippen LogP contribution >= 0.6 is 11.6 Å². The predicted molar refractivity (Wildman–Crippen MR) is 64.0 cm³/mol. The molecule has 0 aromatic carbocycles. The van der Waals surface area contributed by atoms with Gasteiger partial charge in [-0.2, -0.15) is 13.2 Å². The fraction of sp³-hybridized carbons (Fsp3) is 0.545. The van der Waals surface area contributed by atoms with Crippen molar-refractivity contribution in [3.63, 3.8) is 0 Å². The van der Waals surface area contributed by atoms with Crippen molar-refractivity contribution in [3.05, 3.63) is 23.0 Å². The first kappa shape index (κ1) is 15.8. The molecule has 8 heteroatoms. The number of nitrogens with zero attached hydrogens (tertiary/aromatic N) is 1. The topological polar surface area (TPSA) is 54.3 Å². The van der Waals surface area contributed by atoms with E-state index >= 15 is 0 Å². The second-order valence-electron chi connectivity index (χ2n) is 4.13. The van der Waals surface area contributed by atoms with Crippen LogP contribution in [0.25, 0.3) is 0 Å². The first-order valence-corrected chi connectivity index (χ1v) is 5.92. The van der Waals surface area contributed by atoms with Gasteiger partial charge in [-0.05, 0) is 12.5 Å². The highest BCUT2D eigenvalue weighted by atomic mass is 35.5. The number of alkyl halides is 3. The van der Waals surface area contributed by atoms with Gasteiger partial charge in [-0.3, -0.25) is 4.79 Å². The van der Waals surface area contributed by atoms with Crippen LogP contribution in [-0.4, -0.2) is 33.9 Å². The van der Waals surface area contributed by atoms with Gasteiger partial charge in [-0.15, -0.1) is 0 Å². The SMILES string of the molecule is CCC(NC(=O)c1cc(Cl)cn1C)C(O)C(F)(F)F. The smallest absolute Gasteiger partial charge is 0.382 e. The van der Waals surface area contributed by atoms with Crippen LogP contribution in [0.4, 0.5) is 13.2 Å². The number of aliphatic hydroxyl groups is 1. The van der Waals surface area contributed by atoms with Crippen molar-refractivity contribution < 1.29 is 23.1 Å². The second-order valence-corrected chi connectivity index (χ2v) is 4.57. The number of hydrogen-bond acceptors (Lipinski definition) is 2. The van der Waals surface area contributed by atoms with Crippen molar-refractivity contribution >= 4 is 17.5 Å². The Bertz CT molecular complexity index is 459. The lowest BCUT2D eigenvalue weighted by Crippen LogP contribution is -2.49. The average Bonchev–Trinajstić information content (AvgIpc) is 2.63. The minimum Gasteiger partial charge on any atom is -0.382 e. The molecule has 1 aromatic heterocycles. The van der Waals surface area contributed by atoms with E-state index in [1.165, 1.54) is 23.8 Å². The highest BCUT2D eigenvalue weighted by molar-refractivity contribution is 6.31. The van der Waals surface area contributed by atoms with Crippen molar-refractivity contribution in [2.24, 2.45) is 7.05 Å². The monoisotopic (exact) mass is 298 g/mol. The zero-order chi connectivity index (χ0) is 14.8. The molecule has 2 atom stereocenters. The van der Waals surface area contributed by atoms with Gasteiger partial charge in [0.05, 0.1) is 11.1 Å². The Morgan fingerprint density at radius 1 is 1.58 bits per heavy atom. The standard InChI is InChI=1S/C11H14ClF3N2O2/c1-3-7(9(18)11(13,14)15)16-10(19)8-4-6(12)5-17(8)2/h4-5,7,9,18H,3H2,1-2H3,(H,16,19). The molecule has 0 aliphatic carbocycles. The normalized spacial score (nSPS) is 15.1. The molecule has 1 aromatic rings. The Balaban J connectivity index is 2.82. The van der Waals surface area contributed by atoms with Gasteiger partial charge in [-0.25, -0.2) is 0 Å². The summed E-state index contributed by atoms with van der Waals surface area (Å²) in [7, 11) is 1.54. The van der Waals surface area contributed by atoms with E-state index in [4.69, 9.17) is 16.7 Å². The predicted octanol–water partition coefficient (Wildman–Crippen LogP) is 2.11. The van der Waals surface area contributed by atoms with Crippen molar-refractivity contribution in [1.82, 2.24) is 9.88 Å². The van der Waals surface area contributed by atoms with E-state index in [0.717, 1.165) is 0 Å². The molecule has 19 heavy (non-hydrogen) atoms. The molecule has 1 amide bonds. The number of carbonyl (C=O) groups is 1. The number of rotatable bonds is 4. The lowest BCUT2D eigenvalue weighted by atomic mass is 10.1. The second kappa shape index (κ2) is 5.83. The lowest BCUT2D eigenvalue weighted by Gasteiger charge is -2.24. The van der Waals surface area contributed by atoms with Crippen LogP contribution in [0, 0.1) is 0 Å². The molecule has 0 saturated heterocycles. The minimum absolute atomic E-state index is 0.0510. The lowest BCUT2D eigenvalue weighted by molar-refractivity contribution is -0.211. The number of amides is 1. The van der Waals surface area contributed by atoms with Gasteiger partial charge in [-0.1, -0.05) is 18.5 Å². The largest absolute Gasteiger partial charge is 0.416 e. The summed E-state index contributed by atoms with van der Waals surface area (Å²) in [5.74, 6) is -0.718. The summed E-state index contributed by atoms with van der Waals surface area (Å²) in [5, 5.41) is 11.6. The number of halogens is 4. The van der Waals surface area contributed by atoms with Crippen LogP contribution in [0.3, 0.4) is 0 Å². The molecule has 0 spiro atoms. The average molecular weight is 299 g/mol. The molecule has 0 fully saturated rings. The van der Waals surface area contributed by atoms with Crippen LogP contribution in [0.5, 0.6) is 0 Å². The van der Waals surface area contributed by atoms with Crippen LogP contribution in [0.1, 0.15) is 23.8 Å². The molecule has 4 nitrogen and oxygen atoms in total. The van der Waals surface area contributed by atoms with E-state index in [-0.39, 0.29) is 12.1 Å². The highest BCUT2D eigenvalue weighted by Crippen LogP contribution is 2.24. The zero-order valence-electron chi connectivity index (χ0n) is 10.3. The van der Waals surface area contributed by atoms with Crippen LogP contribution < -0.4 is 5.32 Å². The van der Waals surface area contributed by atoms with Gasteiger partial charge >= 0.3 is 6.18 Å². The van der Waals surface area contributed by atoms with Crippen LogP contribution in [0.15, 0.2) is 12.3 Å². The third kappa shape index (κ3) is 3.87. The fourth-order valence-electron chi connectivity index (χ4n) is 1.62. The van der Waals surface area contributed by atoms with Crippen LogP contribution in [-0.2, 0) is 7.05 Å². The maximum Gasteiger partial charge on any atom is 0.416 e. The Morgan fingerprint density at radius 3 is 2.53 bits per heavy atom. The summed E-state index contributed by atoms with van der Waals surface area (Å²) in [6, 6.07) is -0.0648. The number of carbonyl (C=O) groups excluding carboxylic acids is 1. The van der Waals surface area contributed by atoms with E-state index in [2.05, 4.69) is 5.32 Å². The van der Waals surface area contributed by atoms with E-state index in [1.807, 2.05) is 0 Å². The van der Waals surface area contributed by atoms with E-state index in [9.17, 15) is 18.0 Å². The molecule has 2 unspecified atom stereocenters. The molecule has 0 bridgehead atoms. The quantitative estimate of drug-likeness (QED) is 0.894. The van der Waals surface area contributed by atoms with E-state index in [0.29, 0.717) is 5.02 Å². The third-order valence-corrected chi connectivity index (χ3v) is 2.88. The fourth-order valence-corrected chi connectivity index (χ4v) is 1.87. The Morgan fingerprint density at radius 2 is 2.16 bits per heavy atom. The summed E-state index contributed by atoms with van der Waals surface area (Å²) in [4.78, 5) is 11.8. The molecule has 1 heterocycles. The van der Waals surface area contributed by atoms with E-state index < -0.39 is 24.2 Å². The number of aliphatic hydroxyl groups excluding tert-OH is 1. The van der Waals surface area contributed by atoms with Crippen molar-refractivity contribution in [2.45, 2.75) is 31.7 Å². The summed E-state index contributed by atoms with van der Waals surface area (Å²) in [6.45, 7) is 1.44. The van der Waals surface area contributed by atoms with E-state index in [1.54, 1.807) is 7.05 Å². The Kier molecular flexibility index (Phi) is 4.86. The summed E-state index contributed by atoms with van der Waals surface area (Å²) < 4.78 is 38.6. The number of aromatic nitrogens is 1. The molecule has 108 valence electrons. The summed E-state index contributed by atoms with van der Waals surface area (Å²) in [6.07, 6.45) is -5.97. The number of nitrogens with one attached hydrogen (secondary N) is 1. The first-order chi connectivity index (χ1) is 8.66. The number of aryl methyl sites for hydroxylation is 1. The van der Waals surface area contributed by atoms with Gasteiger partial charge in [0.15, 0.2) is 6.10 Å². The molecular formula is C11H14ClF3N2O2. The molecule has 2 N–H and O–H groups in total. The Hall–Kier alpha value is -1.21. The minimum atomic E-state index is -4.78. The molecule has 0 aliphatic heterocycles. The molecule has 1 rings (SSSR count). The third-order valence-electron chi connectivity index (χ3n) is 2.68. The van der Waals surface area contributed by atoms with Crippen molar-refractivity contribution in [2.75, 3.05) is 0 Å². The summed E-state index contributed by atoms with van der Waals surface area (Å²) in [5.41, 5.74) is 0.123. The summed E-state index contributed by atoms with van der Waals surface area (Å²) >= 11 is 5.69. The number of hydrogen-bond donors (Lipinski definition) is 2. The van der Waals surface area contributed by atoms with Gasteiger partial charge in [0.1, 0.15) is 5.69 Å². The zero-order valence-corrected chi connectivity index (χ0v) is 11.1. The van der Waals surface area contributed by atoms with Crippen molar-refractivity contribution in [3.8, 4) is 0 Å². The molecule has 0 aliphatic rings. The van der Waals surface area contributed by atoms with Crippen LogP contribution in [0.2, 0.25) is 5.02 Å². The van der Waals surface area contributed by atoms with Gasteiger partial charge in [0.2, 0.25) is 0 Å². The maximum atomic E-state index is 12.4. The molecule has 0 saturated carbocycles. The molecule has 0 radical (unpaired) electrons. The maximum absolute atomic E-state index is 12.4. The van der Waals surface area contributed by atoms with Crippen molar-refractivity contribution in [1.29, 1.82) is 0 Å². The highest BCUT2D eigenvalue weighted by Gasteiger charge is 2.43. The van der Waals surface area contributed by atoms with Gasteiger partial charge < -0.3 is 15.0 Å². The van der Waals surface area contributed by atoms with Gasteiger partial charge in [0.25, 0.3) is 5.91 Å². The first-order valence-electron chi connectivity index (χ1n) is 5.54. The Labute approximate surface area is 113 Å². The van der Waals surface area contributed by atoms with Gasteiger partial charge in [0, 0.05) is 13.2 Å².